The first-order chi connectivity index (χ1) is 10.6. The molecule has 0 fully saturated rings. The highest BCUT2D eigenvalue weighted by Gasteiger charge is 2.14. The molecule has 0 aliphatic rings. The Hall–Kier alpha value is -2.22. The van der Waals surface area contributed by atoms with Crippen molar-refractivity contribution in [2.24, 2.45) is 5.73 Å². The second-order valence-electron chi connectivity index (χ2n) is 4.30. The molecule has 1 heterocycles. The molecule has 0 atom stereocenters. The molecule has 2 rings (SSSR count). The van der Waals surface area contributed by atoms with Gasteiger partial charge in [0.05, 0.1) is 18.8 Å². The Morgan fingerprint density at radius 2 is 2.18 bits per heavy atom. The van der Waals surface area contributed by atoms with E-state index in [0.29, 0.717) is 22.9 Å². The number of benzene rings is 1. The molecule has 1 amide bonds. The zero-order chi connectivity index (χ0) is 15.9. The van der Waals surface area contributed by atoms with Gasteiger partial charge in [-0.05, 0) is 18.2 Å². The van der Waals surface area contributed by atoms with Gasteiger partial charge in [0.2, 0.25) is 5.88 Å². The van der Waals surface area contributed by atoms with E-state index in [1.807, 2.05) is 0 Å². The molecule has 0 aliphatic carbocycles. The van der Waals surface area contributed by atoms with Gasteiger partial charge in [-0.2, -0.15) is 0 Å². The lowest BCUT2D eigenvalue weighted by molar-refractivity contribution is 0.0844. The van der Waals surface area contributed by atoms with Crippen molar-refractivity contribution in [2.45, 2.75) is 6.54 Å². The number of rotatable bonds is 6. The highest BCUT2D eigenvalue weighted by atomic mass is 35.5. The molecule has 22 heavy (non-hydrogen) atoms. The standard InChI is InChI=1S/C14H15ClN4O3/c15-19(4-5-20)14(21)10-2-1-3-12(6-10)22-13-7-11(8-16)17-9-18-13/h1-3,6-7,9,20H,4-5,8,16H2. The summed E-state index contributed by atoms with van der Waals surface area (Å²) in [6.07, 6.45) is 1.36. The smallest absolute Gasteiger partial charge is 0.268 e. The number of nitrogens with two attached hydrogens (primary N) is 1. The number of nitrogens with zero attached hydrogens (tertiary/aromatic N) is 3. The summed E-state index contributed by atoms with van der Waals surface area (Å²) in [5, 5.41) is 8.80. The predicted octanol–water partition coefficient (Wildman–Crippen LogP) is 1.32. The van der Waals surface area contributed by atoms with E-state index in [4.69, 9.17) is 27.4 Å². The molecule has 0 aliphatic heterocycles. The van der Waals surface area contributed by atoms with Crippen molar-refractivity contribution in [1.82, 2.24) is 14.4 Å². The van der Waals surface area contributed by atoms with E-state index in [2.05, 4.69) is 9.97 Å². The van der Waals surface area contributed by atoms with Crippen LogP contribution in [0.3, 0.4) is 0 Å². The van der Waals surface area contributed by atoms with Gasteiger partial charge >= 0.3 is 0 Å². The highest BCUT2D eigenvalue weighted by Crippen LogP contribution is 2.21. The Morgan fingerprint density at radius 1 is 1.36 bits per heavy atom. The number of ether oxygens (including phenoxy) is 1. The van der Waals surface area contributed by atoms with Gasteiger partial charge in [-0.1, -0.05) is 6.07 Å². The summed E-state index contributed by atoms with van der Waals surface area (Å²) in [6.45, 7) is 0.102. The van der Waals surface area contributed by atoms with Gasteiger partial charge in [0.15, 0.2) is 0 Å². The number of hydrogen-bond donors (Lipinski definition) is 2. The molecule has 8 heteroatoms. The van der Waals surface area contributed by atoms with Crippen molar-refractivity contribution in [1.29, 1.82) is 0 Å². The molecule has 0 radical (unpaired) electrons. The fourth-order valence-electron chi connectivity index (χ4n) is 1.69. The summed E-state index contributed by atoms with van der Waals surface area (Å²) < 4.78 is 6.49. The van der Waals surface area contributed by atoms with Crippen LogP contribution in [-0.4, -0.2) is 38.6 Å². The van der Waals surface area contributed by atoms with Crippen LogP contribution in [0.5, 0.6) is 11.6 Å². The Labute approximate surface area is 132 Å². The maximum atomic E-state index is 12.0. The fourth-order valence-corrected chi connectivity index (χ4v) is 1.86. The number of aliphatic hydroxyl groups is 1. The van der Waals surface area contributed by atoms with E-state index in [0.717, 1.165) is 4.42 Å². The Balaban J connectivity index is 2.16. The van der Waals surface area contributed by atoms with Gasteiger partial charge in [-0.3, -0.25) is 4.79 Å². The summed E-state index contributed by atoms with van der Waals surface area (Å²) in [5.41, 5.74) is 6.49. The van der Waals surface area contributed by atoms with Gasteiger partial charge in [0.25, 0.3) is 5.91 Å². The maximum Gasteiger partial charge on any atom is 0.268 e. The van der Waals surface area contributed by atoms with Gasteiger partial charge in [0, 0.05) is 30.0 Å². The van der Waals surface area contributed by atoms with E-state index in [9.17, 15) is 4.79 Å². The minimum atomic E-state index is -0.425. The molecular weight excluding hydrogens is 308 g/mol. The lowest BCUT2D eigenvalue weighted by Gasteiger charge is -2.13. The summed E-state index contributed by atoms with van der Waals surface area (Å²) in [6, 6.07) is 8.11. The molecule has 0 spiro atoms. The molecule has 0 saturated carbocycles. The second-order valence-corrected chi connectivity index (χ2v) is 4.70. The molecular formula is C14H15ClN4O3. The zero-order valence-corrected chi connectivity index (χ0v) is 12.4. The normalized spacial score (nSPS) is 10.3. The van der Waals surface area contributed by atoms with Gasteiger partial charge in [-0.15, -0.1) is 0 Å². The van der Waals surface area contributed by atoms with Crippen LogP contribution in [0.15, 0.2) is 36.7 Å². The summed E-state index contributed by atoms with van der Waals surface area (Å²) in [7, 11) is 0. The molecule has 1 aromatic heterocycles. The first-order valence-electron chi connectivity index (χ1n) is 6.51. The summed E-state index contributed by atoms with van der Waals surface area (Å²) >= 11 is 5.77. The Bertz CT molecular complexity index is 653. The predicted molar refractivity (Wildman–Crippen MR) is 80.4 cm³/mol. The first kappa shape index (κ1) is 16.2. The lowest BCUT2D eigenvalue weighted by Crippen LogP contribution is -2.24. The van der Waals surface area contributed by atoms with Crippen LogP contribution >= 0.6 is 11.8 Å². The van der Waals surface area contributed by atoms with Crippen molar-refractivity contribution in [3.8, 4) is 11.6 Å². The van der Waals surface area contributed by atoms with E-state index in [1.165, 1.54) is 6.33 Å². The third-order valence-electron chi connectivity index (χ3n) is 2.73. The number of hydrogen-bond acceptors (Lipinski definition) is 6. The molecule has 0 unspecified atom stereocenters. The molecule has 116 valence electrons. The molecule has 3 N–H and O–H groups in total. The minimum absolute atomic E-state index is 0.0389. The van der Waals surface area contributed by atoms with Crippen LogP contribution in [0.25, 0.3) is 0 Å². The third-order valence-corrected chi connectivity index (χ3v) is 3.05. The quantitative estimate of drug-likeness (QED) is 0.778. The number of halogens is 1. The average molecular weight is 323 g/mol. The van der Waals surface area contributed by atoms with Crippen molar-refractivity contribution in [3.63, 3.8) is 0 Å². The average Bonchev–Trinajstić information content (AvgIpc) is 2.55. The largest absolute Gasteiger partial charge is 0.439 e. The summed E-state index contributed by atoms with van der Waals surface area (Å²) in [4.78, 5) is 20.0. The molecule has 0 bridgehead atoms. The molecule has 1 aromatic carbocycles. The second kappa shape index (κ2) is 7.69. The van der Waals surface area contributed by atoms with Crippen molar-refractivity contribution in [2.75, 3.05) is 13.2 Å². The maximum absolute atomic E-state index is 12.0. The summed E-state index contributed by atoms with van der Waals surface area (Å²) in [5.74, 6) is 0.339. The number of aliphatic hydroxyl groups excluding tert-OH is 1. The van der Waals surface area contributed by atoms with Crippen molar-refractivity contribution >= 4 is 17.7 Å². The van der Waals surface area contributed by atoms with E-state index < -0.39 is 5.91 Å². The van der Waals surface area contributed by atoms with E-state index >= 15 is 0 Å². The number of aromatic nitrogens is 2. The van der Waals surface area contributed by atoms with E-state index in [-0.39, 0.29) is 19.7 Å². The van der Waals surface area contributed by atoms with Crippen LogP contribution in [0, 0.1) is 0 Å². The monoisotopic (exact) mass is 322 g/mol. The van der Waals surface area contributed by atoms with Crippen molar-refractivity contribution in [3.05, 3.63) is 47.9 Å². The third kappa shape index (κ3) is 4.14. The van der Waals surface area contributed by atoms with Crippen molar-refractivity contribution < 1.29 is 14.6 Å². The Kier molecular flexibility index (Phi) is 5.65. The fraction of sp³-hybridized carbons (Fsp3) is 0.214. The minimum Gasteiger partial charge on any atom is -0.439 e. The van der Waals surface area contributed by atoms with Gasteiger partial charge < -0.3 is 15.6 Å². The van der Waals surface area contributed by atoms with Crippen LogP contribution in [0.2, 0.25) is 0 Å². The van der Waals surface area contributed by atoms with E-state index in [1.54, 1.807) is 30.3 Å². The molecule has 0 saturated heterocycles. The van der Waals surface area contributed by atoms with Crippen LogP contribution in [0.4, 0.5) is 0 Å². The Morgan fingerprint density at radius 3 is 2.91 bits per heavy atom. The zero-order valence-electron chi connectivity index (χ0n) is 11.6. The number of amides is 1. The highest BCUT2D eigenvalue weighted by molar-refractivity contribution is 6.24. The SMILES string of the molecule is NCc1cc(Oc2cccc(C(=O)N(Cl)CCO)c2)ncn1. The van der Waals surface area contributed by atoms with Crippen LogP contribution < -0.4 is 10.5 Å². The number of carbonyl (C=O) groups excluding carboxylic acids is 1. The first-order valence-corrected chi connectivity index (χ1v) is 6.85. The van der Waals surface area contributed by atoms with Crippen LogP contribution in [-0.2, 0) is 6.54 Å². The number of carbonyl (C=O) groups is 1. The lowest BCUT2D eigenvalue weighted by atomic mass is 10.2. The molecule has 2 aromatic rings. The van der Waals surface area contributed by atoms with Gasteiger partial charge in [-0.25, -0.2) is 14.4 Å². The van der Waals surface area contributed by atoms with Gasteiger partial charge in [0.1, 0.15) is 12.1 Å². The topological polar surface area (TPSA) is 102 Å². The molecule has 7 nitrogen and oxygen atoms in total. The van der Waals surface area contributed by atoms with Crippen LogP contribution in [0.1, 0.15) is 16.1 Å².